The van der Waals surface area contributed by atoms with E-state index in [4.69, 9.17) is 0 Å². The van der Waals surface area contributed by atoms with E-state index in [2.05, 4.69) is 65.3 Å². The summed E-state index contributed by atoms with van der Waals surface area (Å²) in [4.78, 5) is 0. The summed E-state index contributed by atoms with van der Waals surface area (Å²) in [5.41, 5.74) is 3.76. The molecule has 1 heteroatoms. The lowest BCUT2D eigenvalue weighted by Gasteiger charge is -2.00. The van der Waals surface area contributed by atoms with Crippen molar-refractivity contribution in [3.63, 3.8) is 0 Å². The largest absolute Gasteiger partial charge is 0.0622 e. The van der Waals surface area contributed by atoms with E-state index in [0.717, 1.165) is 4.47 Å². The Balaban J connectivity index is 2.24. The number of benzene rings is 2. The van der Waals surface area contributed by atoms with Gasteiger partial charge in [-0.1, -0.05) is 64.5 Å². The minimum atomic E-state index is 1.13. The van der Waals surface area contributed by atoms with Crippen molar-refractivity contribution in [2.75, 3.05) is 0 Å². The van der Waals surface area contributed by atoms with E-state index in [1.165, 1.54) is 16.7 Å². The molecule has 2 rings (SSSR count). The molecule has 0 spiro atoms. The van der Waals surface area contributed by atoms with Gasteiger partial charge in [-0.2, -0.15) is 0 Å². The first-order valence-corrected chi connectivity index (χ1v) is 6.04. The van der Waals surface area contributed by atoms with Crippen LogP contribution >= 0.6 is 15.9 Å². The van der Waals surface area contributed by atoms with Crippen LogP contribution in [0.3, 0.4) is 0 Å². The first kappa shape index (κ1) is 11.2. The Labute approximate surface area is 105 Å². The Bertz CT molecular complexity index is 498. The standard InChI is InChI=1S/C15H13Br/c1-12-11-15(16)10-9-14(12)8-7-13-5-3-2-4-6-13/h2-11H,1H3/b8-7+. The van der Waals surface area contributed by atoms with Crippen LogP contribution in [0.15, 0.2) is 53.0 Å². The Morgan fingerprint density at radius 1 is 0.938 bits per heavy atom. The first-order chi connectivity index (χ1) is 7.75. The van der Waals surface area contributed by atoms with Gasteiger partial charge in [0.05, 0.1) is 0 Å². The quantitative estimate of drug-likeness (QED) is 0.681. The van der Waals surface area contributed by atoms with E-state index in [9.17, 15) is 0 Å². The summed E-state index contributed by atoms with van der Waals surface area (Å²) >= 11 is 3.47. The van der Waals surface area contributed by atoms with Crippen LogP contribution in [0, 0.1) is 6.92 Å². The maximum absolute atomic E-state index is 3.47. The molecule has 0 fully saturated rings. The van der Waals surface area contributed by atoms with Gasteiger partial charge in [-0.25, -0.2) is 0 Å². The fourth-order valence-electron chi connectivity index (χ4n) is 1.58. The smallest absolute Gasteiger partial charge is 0.0178 e. The van der Waals surface area contributed by atoms with Gasteiger partial charge in [-0.3, -0.25) is 0 Å². The predicted octanol–water partition coefficient (Wildman–Crippen LogP) is 4.93. The average Bonchev–Trinajstić information content (AvgIpc) is 2.29. The summed E-state index contributed by atoms with van der Waals surface area (Å²) in [5.74, 6) is 0. The molecule has 0 saturated heterocycles. The Kier molecular flexibility index (Phi) is 3.58. The Morgan fingerprint density at radius 2 is 1.69 bits per heavy atom. The molecule has 2 aromatic carbocycles. The molecule has 0 saturated carbocycles. The molecule has 0 radical (unpaired) electrons. The first-order valence-electron chi connectivity index (χ1n) is 5.25. The van der Waals surface area contributed by atoms with Gasteiger partial charge in [-0.05, 0) is 35.7 Å². The molecule has 0 aliphatic rings. The van der Waals surface area contributed by atoms with Crippen LogP contribution in [-0.4, -0.2) is 0 Å². The summed E-state index contributed by atoms with van der Waals surface area (Å²) in [6, 6.07) is 16.7. The van der Waals surface area contributed by atoms with Crippen LogP contribution in [0.5, 0.6) is 0 Å². The highest BCUT2D eigenvalue weighted by Crippen LogP contribution is 2.18. The third-order valence-corrected chi connectivity index (χ3v) is 2.98. The van der Waals surface area contributed by atoms with Crippen LogP contribution in [0.4, 0.5) is 0 Å². The Morgan fingerprint density at radius 3 is 2.38 bits per heavy atom. The molecular weight excluding hydrogens is 260 g/mol. The van der Waals surface area contributed by atoms with Crippen molar-refractivity contribution < 1.29 is 0 Å². The summed E-state index contributed by atoms with van der Waals surface area (Å²) in [6.45, 7) is 2.12. The normalized spacial score (nSPS) is 10.9. The molecule has 16 heavy (non-hydrogen) atoms. The molecule has 0 nitrogen and oxygen atoms in total. The van der Waals surface area contributed by atoms with Crippen LogP contribution in [0.1, 0.15) is 16.7 Å². The van der Waals surface area contributed by atoms with Crippen LogP contribution in [0.2, 0.25) is 0 Å². The lowest BCUT2D eigenvalue weighted by atomic mass is 10.1. The van der Waals surface area contributed by atoms with E-state index in [1.54, 1.807) is 0 Å². The van der Waals surface area contributed by atoms with Crippen molar-refractivity contribution >= 4 is 28.1 Å². The number of aryl methyl sites for hydroxylation is 1. The van der Waals surface area contributed by atoms with Crippen molar-refractivity contribution in [3.05, 3.63) is 69.7 Å². The van der Waals surface area contributed by atoms with Gasteiger partial charge < -0.3 is 0 Å². The van der Waals surface area contributed by atoms with Gasteiger partial charge in [0, 0.05) is 4.47 Å². The molecule has 0 aliphatic carbocycles. The van der Waals surface area contributed by atoms with E-state index >= 15 is 0 Å². The SMILES string of the molecule is Cc1cc(Br)ccc1/C=C/c1ccccc1. The minimum Gasteiger partial charge on any atom is -0.0622 e. The topological polar surface area (TPSA) is 0 Å². The van der Waals surface area contributed by atoms with Gasteiger partial charge in [0.15, 0.2) is 0 Å². The fraction of sp³-hybridized carbons (Fsp3) is 0.0667. The van der Waals surface area contributed by atoms with Gasteiger partial charge in [-0.15, -0.1) is 0 Å². The molecule has 0 aliphatic heterocycles. The number of halogens is 1. The van der Waals surface area contributed by atoms with Crippen LogP contribution < -0.4 is 0 Å². The zero-order chi connectivity index (χ0) is 11.4. The number of rotatable bonds is 2. The zero-order valence-corrected chi connectivity index (χ0v) is 10.7. The van der Waals surface area contributed by atoms with Crippen LogP contribution in [0.25, 0.3) is 12.2 Å². The molecule has 0 amide bonds. The summed E-state index contributed by atoms with van der Waals surface area (Å²) in [5, 5.41) is 0. The average molecular weight is 273 g/mol. The van der Waals surface area contributed by atoms with Gasteiger partial charge in [0.2, 0.25) is 0 Å². The molecule has 0 unspecified atom stereocenters. The monoisotopic (exact) mass is 272 g/mol. The molecule has 2 aromatic rings. The summed E-state index contributed by atoms with van der Waals surface area (Å²) in [7, 11) is 0. The maximum Gasteiger partial charge on any atom is 0.0178 e. The lowest BCUT2D eigenvalue weighted by molar-refractivity contribution is 1.43. The molecule has 0 aromatic heterocycles. The molecule has 0 atom stereocenters. The van der Waals surface area contributed by atoms with Crippen LogP contribution in [-0.2, 0) is 0 Å². The second-order valence-electron chi connectivity index (χ2n) is 3.74. The third-order valence-electron chi connectivity index (χ3n) is 2.49. The zero-order valence-electron chi connectivity index (χ0n) is 9.15. The fourth-order valence-corrected chi connectivity index (χ4v) is 2.05. The van der Waals surface area contributed by atoms with E-state index in [0.29, 0.717) is 0 Å². The highest BCUT2D eigenvalue weighted by atomic mass is 79.9. The van der Waals surface area contributed by atoms with Crippen molar-refractivity contribution in [2.24, 2.45) is 0 Å². The van der Waals surface area contributed by atoms with Crippen molar-refractivity contribution in [3.8, 4) is 0 Å². The second-order valence-corrected chi connectivity index (χ2v) is 4.66. The molecule has 0 bridgehead atoms. The third kappa shape index (κ3) is 2.83. The van der Waals surface area contributed by atoms with E-state index < -0.39 is 0 Å². The minimum absolute atomic E-state index is 1.13. The predicted molar refractivity (Wildman–Crippen MR) is 74.2 cm³/mol. The summed E-state index contributed by atoms with van der Waals surface area (Å²) < 4.78 is 1.13. The van der Waals surface area contributed by atoms with Gasteiger partial charge >= 0.3 is 0 Å². The Hall–Kier alpha value is -1.34. The van der Waals surface area contributed by atoms with Crippen molar-refractivity contribution in [2.45, 2.75) is 6.92 Å². The number of hydrogen-bond donors (Lipinski definition) is 0. The number of hydrogen-bond acceptors (Lipinski definition) is 0. The highest BCUT2D eigenvalue weighted by Gasteiger charge is 1.94. The van der Waals surface area contributed by atoms with Crippen molar-refractivity contribution in [1.29, 1.82) is 0 Å². The maximum atomic E-state index is 3.47. The van der Waals surface area contributed by atoms with E-state index in [1.807, 2.05) is 18.2 Å². The second kappa shape index (κ2) is 5.13. The van der Waals surface area contributed by atoms with Crippen molar-refractivity contribution in [1.82, 2.24) is 0 Å². The van der Waals surface area contributed by atoms with Gasteiger partial charge in [0.25, 0.3) is 0 Å². The highest BCUT2D eigenvalue weighted by molar-refractivity contribution is 9.10. The summed E-state index contributed by atoms with van der Waals surface area (Å²) in [6.07, 6.45) is 4.29. The molecular formula is C15H13Br. The molecule has 0 N–H and O–H groups in total. The lowest BCUT2D eigenvalue weighted by Crippen LogP contribution is -1.79. The van der Waals surface area contributed by atoms with E-state index in [-0.39, 0.29) is 0 Å². The molecule has 80 valence electrons. The molecule has 0 heterocycles. The van der Waals surface area contributed by atoms with Gasteiger partial charge in [0.1, 0.15) is 0 Å².